The van der Waals surface area contributed by atoms with Crippen LogP contribution >= 0.6 is 25.1 Å². The van der Waals surface area contributed by atoms with E-state index in [0.29, 0.717) is 53.4 Å². The first-order valence-corrected chi connectivity index (χ1v) is 17.6. The molecule has 0 bridgehead atoms. The summed E-state index contributed by atoms with van der Waals surface area (Å²) in [5.41, 5.74) is 5.69. The zero-order valence-corrected chi connectivity index (χ0v) is 29.3. The van der Waals surface area contributed by atoms with Gasteiger partial charge in [0.1, 0.15) is 5.69 Å². The fourth-order valence-corrected chi connectivity index (χ4v) is 6.34. The number of rotatable bonds is 11. The Kier molecular flexibility index (Phi) is 11.3. The molecule has 1 aromatic carbocycles. The molecule has 11 heteroatoms. The average Bonchev–Trinajstić information content (AvgIpc) is 3.29. The van der Waals surface area contributed by atoms with Crippen molar-refractivity contribution in [3.05, 3.63) is 57.9 Å². The summed E-state index contributed by atoms with van der Waals surface area (Å²) in [5, 5.41) is 13.9. The molecule has 0 aliphatic heterocycles. The lowest BCUT2D eigenvalue weighted by molar-refractivity contribution is 0.195. The number of methoxy groups -OCH3 is 2. The van der Waals surface area contributed by atoms with Crippen molar-refractivity contribution in [3.63, 3.8) is 0 Å². The fourth-order valence-electron chi connectivity index (χ4n) is 4.98. The minimum absolute atomic E-state index is 0. The molecule has 0 amide bonds. The van der Waals surface area contributed by atoms with Crippen LogP contribution in [0, 0.1) is 11.3 Å². The average molecular weight is 642 g/mol. The second-order valence-electron chi connectivity index (χ2n) is 12.7. The topological polar surface area (TPSA) is 102 Å². The Hall–Kier alpha value is -2.68. The largest absolute Gasteiger partial charge is 0.480 e. The van der Waals surface area contributed by atoms with Gasteiger partial charge in [-0.15, -0.1) is 0 Å². The zero-order valence-electron chi connectivity index (χ0n) is 26.5. The molecule has 1 N–H and O–H groups in total. The number of nitriles is 1. The van der Waals surface area contributed by atoms with Crippen LogP contribution in [0.1, 0.15) is 62.9 Å². The van der Waals surface area contributed by atoms with Gasteiger partial charge in [0.05, 0.1) is 35.2 Å². The molecule has 1 aliphatic carbocycles. The molecule has 0 unspecified atom stereocenters. The monoisotopic (exact) mass is 641 g/mol. The first-order valence-electron chi connectivity index (χ1n) is 14.4. The number of nitrogens with zero attached hydrogens (tertiary/aromatic N) is 4. The zero-order chi connectivity index (χ0) is 30.7. The molecule has 2 aromatic heterocycles. The number of ether oxygens (including phenoxy) is 2. The number of nitrogens with one attached hydrogen (secondary N) is 1. The van der Waals surface area contributed by atoms with Crippen LogP contribution in [-0.4, -0.2) is 50.7 Å². The third-order valence-corrected chi connectivity index (χ3v) is 13.5. The van der Waals surface area contributed by atoms with Crippen molar-refractivity contribution in [3.8, 4) is 23.2 Å². The van der Waals surface area contributed by atoms with E-state index in [1.807, 2.05) is 12.1 Å². The summed E-state index contributed by atoms with van der Waals surface area (Å²) in [4.78, 5) is 13.8. The number of halogens is 1. The van der Waals surface area contributed by atoms with E-state index in [9.17, 15) is 5.26 Å². The van der Waals surface area contributed by atoms with Gasteiger partial charge in [-0.1, -0.05) is 39.3 Å². The third-order valence-electron chi connectivity index (χ3n) is 8.67. The van der Waals surface area contributed by atoms with Crippen LogP contribution in [0.3, 0.4) is 0 Å². The summed E-state index contributed by atoms with van der Waals surface area (Å²) >= 11 is 6.55. The van der Waals surface area contributed by atoms with E-state index in [2.05, 4.69) is 68.2 Å². The molecule has 1 aliphatic rings. The number of hydrogen-bond donors (Lipinski definition) is 1. The molecule has 2 heterocycles. The molecule has 43 heavy (non-hydrogen) atoms. The van der Waals surface area contributed by atoms with Gasteiger partial charge in [-0.05, 0) is 79.2 Å². The van der Waals surface area contributed by atoms with Gasteiger partial charge in [0.25, 0.3) is 0 Å². The Balaban J connectivity index is 0.00000506. The summed E-state index contributed by atoms with van der Waals surface area (Å²) < 4.78 is 17.4. The molecular formula is C32H44ClN5O3SSi. The lowest BCUT2D eigenvalue weighted by Crippen LogP contribution is -2.44. The van der Waals surface area contributed by atoms with Gasteiger partial charge in [0, 0.05) is 37.5 Å². The SMILES string of the molecule is COCCCc1nc(OC)c(Nc2nccc(-c3cc(C#N)c4c(c3)[C@](C)(CO[Si](C)(C)C(C)(C)C)CC4)n2)cc1Cl.S. The van der Waals surface area contributed by atoms with E-state index in [1.54, 1.807) is 26.5 Å². The number of hydrogen-bond acceptors (Lipinski definition) is 8. The van der Waals surface area contributed by atoms with Gasteiger partial charge in [0.15, 0.2) is 8.32 Å². The van der Waals surface area contributed by atoms with Crippen LogP contribution in [-0.2, 0) is 27.4 Å². The smallest absolute Gasteiger partial charge is 0.237 e. The first-order chi connectivity index (χ1) is 19.8. The number of pyridine rings is 1. The maximum atomic E-state index is 10.1. The summed E-state index contributed by atoms with van der Waals surface area (Å²) in [6.07, 6.45) is 4.98. The fraction of sp³-hybridized carbons (Fsp3) is 0.500. The number of fused-ring (bicyclic) bond motifs is 1. The Bertz CT molecular complexity index is 1490. The van der Waals surface area contributed by atoms with Crippen LogP contribution in [0.15, 0.2) is 30.5 Å². The van der Waals surface area contributed by atoms with Gasteiger partial charge in [0.2, 0.25) is 11.8 Å². The minimum atomic E-state index is -1.93. The van der Waals surface area contributed by atoms with Gasteiger partial charge in [-0.3, -0.25) is 0 Å². The summed E-state index contributed by atoms with van der Waals surface area (Å²) in [5.74, 6) is 0.779. The Morgan fingerprint density at radius 1 is 1.16 bits per heavy atom. The van der Waals surface area contributed by atoms with Crippen molar-refractivity contribution in [2.75, 3.05) is 32.8 Å². The maximum Gasteiger partial charge on any atom is 0.237 e. The lowest BCUT2D eigenvalue weighted by Gasteiger charge is -2.39. The maximum absolute atomic E-state index is 10.1. The highest BCUT2D eigenvalue weighted by atomic mass is 35.5. The van der Waals surface area contributed by atoms with Crippen molar-refractivity contribution in [2.24, 2.45) is 0 Å². The lowest BCUT2D eigenvalue weighted by atomic mass is 9.83. The van der Waals surface area contributed by atoms with Gasteiger partial charge < -0.3 is 19.2 Å². The first kappa shape index (κ1) is 34.8. The van der Waals surface area contributed by atoms with Crippen LogP contribution < -0.4 is 10.1 Å². The third kappa shape index (κ3) is 7.70. The van der Waals surface area contributed by atoms with Crippen molar-refractivity contribution >= 4 is 45.0 Å². The van der Waals surface area contributed by atoms with Crippen molar-refractivity contribution in [1.29, 1.82) is 5.26 Å². The van der Waals surface area contributed by atoms with Crippen LogP contribution in [0.2, 0.25) is 23.2 Å². The van der Waals surface area contributed by atoms with Gasteiger partial charge in [-0.25, -0.2) is 15.0 Å². The Morgan fingerprint density at radius 3 is 2.56 bits per heavy atom. The van der Waals surface area contributed by atoms with Crippen LogP contribution in [0.25, 0.3) is 11.3 Å². The van der Waals surface area contributed by atoms with E-state index in [1.165, 1.54) is 5.56 Å². The quantitative estimate of drug-likeness (QED) is 0.168. The van der Waals surface area contributed by atoms with Crippen molar-refractivity contribution < 1.29 is 13.9 Å². The molecule has 0 saturated carbocycles. The van der Waals surface area contributed by atoms with E-state index < -0.39 is 8.32 Å². The number of anilines is 2. The summed E-state index contributed by atoms with van der Waals surface area (Å²) in [6, 6.07) is 10.2. The molecule has 0 fully saturated rings. The summed E-state index contributed by atoms with van der Waals surface area (Å²) in [7, 11) is 1.30. The molecule has 4 rings (SSSR count). The van der Waals surface area contributed by atoms with Gasteiger partial charge in [-0.2, -0.15) is 18.8 Å². The van der Waals surface area contributed by atoms with Crippen LogP contribution in [0.5, 0.6) is 5.88 Å². The second kappa shape index (κ2) is 14.0. The molecule has 0 radical (unpaired) electrons. The Morgan fingerprint density at radius 2 is 1.91 bits per heavy atom. The molecule has 232 valence electrons. The highest BCUT2D eigenvalue weighted by Crippen LogP contribution is 2.45. The van der Waals surface area contributed by atoms with E-state index in [-0.39, 0.29) is 23.9 Å². The highest BCUT2D eigenvalue weighted by molar-refractivity contribution is 7.59. The predicted molar refractivity (Wildman–Crippen MR) is 181 cm³/mol. The van der Waals surface area contributed by atoms with E-state index in [4.69, 9.17) is 30.5 Å². The van der Waals surface area contributed by atoms with Crippen molar-refractivity contribution in [2.45, 2.75) is 76.9 Å². The van der Waals surface area contributed by atoms with E-state index >= 15 is 0 Å². The van der Waals surface area contributed by atoms with Crippen molar-refractivity contribution in [1.82, 2.24) is 15.0 Å². The molecule has 0 saturated heterocycles. The molecule has 3 aromatic rings. The normalized spacial score (nSPS) is 16.3. The minimum Gasteiger partial charge on any atom is -0.480 e. The number of aryl methyl sites for hydroxylation is 1. The standard InChI is InChI=1S/C32H42ClN5O3Si.H2S/c1-31(2,3)42(7,8)41-20-32(4)13-11-23-22(19-34)16-21(17-24(23)32)26-12-14-35-30(37-26)38-28-18-25(33)27(10-9-15-39-5)36-29(28)40-6;/h12,14,16-18H,9-11,13,15,20H2,1-8H3,(H,35,37,38);1H2/t32-;/m0./s1. The molecule has 1 atom stereocenters. The predicted octanol–water partition coefficient (Wildman–Crippen LogP) is 7.73. The number of aromatic nitrogens is 3. The molecule has 8 nitrogen and oxygen atoms in total. The highest BCUT2D eigenvalue weighted by Gasteiger charge is 2.42. The second-order valence-corrected chi connectivity index (χ2v) is 17.9. The molecular weight excluding hydrogens is 598 g/mol. The molecule has 0 spiro atoms. The van der Waals surface area contributed by atoms with Gasteiger partial charge >= 0.3 is 0 Å². The van der Waals surface area contributed by atoms with Crippen LogP contribution in [0.4, 0.5) is 11.6 Å². The summed E-state index contributed by atoms with van der Waals surface area (Å²) in [6.45, 7) is 14.9. The number of benzene rings is 1. The Labute approximate surface area is 269 Å². The van der Waals surface area contributed by atoms with E-state index in [0.717, 1.165) is 36.1 Å².